The number of hydrogen-bond acceptors (Lipinski definition) is 2. The minimum Gasteiger partial charge on any atom is -0.448 e. The first kappa shape index (κ1) is 9.17. The predicted octanol–water partition coefficient (Wildman–Crippen LogP) is 2.71. The minimum atomic E-state index is 0. The van der Waals surface area contributed by atoms with Crippen molar-refractivity contribution in [1.29, 1.82) is 0 Å². The predicted molar refractivity (Wildman–Crippen MR) is 44.2 cm³/mol. The van der Waals surface area contributed by atoms with Crippen molar-refractivity contribution < 1.29 is 4.42 Å². The number of rotatable bonds is 1. The SMILES string of the molecule is Br.CC(Br)c1ncco1. The third-order valence-electron chi connectivity index (χ3n) is 0.792. The highest BCUT2D eigenvalue weighted by Crippen LogP contribution is 2.18. The topological polar surface area (TPSA) is 26.0 Å². The van der Waals surface area contributed by atoms with E-state index in [1.54, 1.807) is 12.5 Å². The molecule has 0 aromatic carbocycles. The molecule has 0 saturated carbocycles. The molecule has 52 valence electrons. The van der Waals surface area contributed by atoms with Gasteiger partial charge in [-0.05, 0) is 6.92 Å². The summed E-state index contributed by atoms with van der Waals surface area (Å²) in [4.78, 5) is 4.12. The van der Waals surface area contributed by atoms with Crippen LogP contribution in [0, 0.1) is 0 Å². The Bertz CT molecular complexity index is 150. The molecule has 1 rings (SSSR count). The van der Waals surface area contributed by atoms with Crippen molar-refractivity contribution in [1.82, 2.24) is 4.98 Å². The van der Waals surface area contributed by atoms with Crippen LogP contribution in [0.1, 0.15) is 17.6 Å². The molecule has 0 radical (unpaired) electrons. The molecule has 1 unspecified atom stereocenters. The number of oxazole rings is 1. The summed E-state index contributed by atoms with van der Waals surface area (Å²) in [5.41, 5.74) is 0. The van der Waals surface area contributed by atoms with Gasteiger partial charge < -0.3 is 4.42 Å². The van der Waals surface area contributed by atoms with Crippen LogP contribution < -0.4 is 0 Å². The summed E-state index contributed by atoms with van der Waals surface area (Å²) in [5.74, 6) is 0.727. The molecule has 0 saturated heterocycles. The van der Waals surface area contributed by atoms with Crippen LogP contribution in [0.2, 0.25) is 0 Å². The van der Waals surface area contributed by atoms with Crippen LogP contribution in [0.15, 0.2) is 16.9 Å². The van der Waals surface area contributed by atoms with Crippen LogP contribution >= 0.6 is 32.9 Å². The van der Waals surface area contributed by atoms with Gasteiger partial charge in [-0.25, -0.2) is 4.98 Å². The number of alkyl halides is 1. The van der Waals surface area contributed by atoms with Crippen molar-refractivity contribution in [2.45, 2.75) is 11.8 Å². The van der Waals surface area contributed by atoms with Gasteiger partial charge in [-0.3, -0.25) is 0 Å². The zero-order chi connectivity index (χ0) is 5.98. The summed E-state index contributed by atoms with van der Waals surface area (Å²) in [6, 6.07) is 0. The van der Waals surface area contributed by atoms with E-state index in [0.29, 0.717) is 0 Å². The number of nitrogens with zero attached hydrogens (tertiary/aromatic N) is 1. The van der Waals surface area contributed by atoms with Crippen molar-refractivity contribution in [3.63, 3.8) is 0 Å². The molecule has 1 aromatic rings. The molecule has 0 fully saturated rings. The van der Waals surface area contributed by atoms with Gasteiger partial charge in [-0.2, -0.15) is 0 Å². The molecule has 1 atom stereocenters. The Morgan fingerprint density at radius 3 is 2.67 bits per heavy atom. The van der Waals surface area contributed by atoms with Crippen molar-refractivity contribution in [3.05, 3.63) is 18.4 Å². The average molecular weight is 257 g/mol. The zero-order valence-corrected chi connectivity index (χ0v) is 8.17. The Hall–Kier alpha value is 0.170. The molecular weight excluding hydrogens is 250 g/mol. The fourth-order valence-electron chi connectivity index (χ4n) is 0.431. The van der Waals surface area contributed by atoms with E-state index in [-0.39, 0.29) is 21.8 Å². The molecule has 2 nitrogen and oxygen atoms in total. The van der Waals surface area contributed by atoms with Crippen molar-refractivity contribution in [3.8, 4) is 0 Å². The molecule has 1 aromatic heterocycles. The smallest absolute Gasteiger partial charge is 0.207 e. The van der Waals surface area contributed by atoms with E-state index >= 15 is 0 Å². The van der Waals surface area contributed by atoms with E-state index in [4.69, 9.17) is 4.42 Å². The zero-order valence-electron chi connectivity index (χ0n) is 4.87. The Kier molecular flexibility index (Phi) is 4.14. The van der Waals surface area contributed by atoms with Crippen LogP contribution in [0.4, 0.5) is 0 Å². The van der Waals surface area contributed by atoms with E-state index in [1.165, 1.54) is 0 Å². The van der Waals surface area contributed by atoms with Crippen molar-refractivity contribution >= 4 is 32.9 Å². The maximum absolute atomic E-state index is 4.94. The highest BCUT2D eigenvalue weighted by Gasteiger charge is 2.02. The third-order valence-corrected chi connectivity index (χ3v) is 1.18. The average Bonchev–Trinajstić information content (AvgIpc) is 2.12. The summed E-state index contributed by atoms with van der Waals surface area (Å²) in [6.45, 7) is 1.96. The number of halogens is 2. The fourth-order valence-corrected chi connectivity index (χ4v) is 0.657. The number of hydrogen-bond donors (Lipinski definition) is 0. The molecule has 1 heterocycles. The van der Waals surface area contributed by atoms with Gasteiger partial charge in [0.15, 0.2) is 0 Å². The second kappa shape index (κ2) is 4.06. The van der Waals surface area contributed by atoms with Crippen LogP contribution in [0.5, 0.6) is 0 Å². The van der Waals surface area contributed by atoms with Gasteiger partial charge in [0.2, 0.25) is 5.89 Å². The van der Waals surface area contributed by atoms with Crippen LogP contribution in [-0.4, -0.2) is 4.98 Å². The van der Waals surface area contributed by atoms with Gasteiger partial charge >= 0.3 is 0 Å². The van der Waals surface area contributed by atoms with Gasteiger partial charge in [0, 0.05) is 0 Å². The fraction of sp³-hybridized carbons (Fsp3) is 0.400. The molecule has 0 N–H and O–H groups in total. The Morgan fingerprint density at radius 1 is 1.78 bits per heavy atom. The third kappa shape index (κ3) is 2.49. The lowest BCUT2D eigenvalue weighted by atomic mass is 10.5. The van der Waals surface area contributed by atoms with Crippen molar-refractivity contribution in [2.24, 2.45) is 0 Å². The quantitative estimate of drug-likeness (QED) is 0.723. The van der Waals surface area contributed by atoms with Gasteiger partial charge in [-0.15, -0.1) is 17.0 Å². The summed E-state index contributed by atoms with van der Waals surface area (Å²) in [7, 11) is 0. The second-order valence-corrected chi connectivity index (χ2v) is 2.86. The van der Waals surface area contributed by atoms with Gasteiger partial charge in [0.1, 0.15) is 6.26 Å². The summed E-state index contributed by atoms with van der Waals surface area (Å²) < 4.78 is 4.94. The molecule has 9 heavy (non-hydrogen) atoms. The van der Waals surface area contributed by atoms with E-state index < -0.39 is 0 Å². The Morgan fingerprint density at radius 2 is 2.44 bits per heavy atom. The molecule has 0 bridgehead atoms. The maximum atomic E-state index is 4.94. The lowest BCUT2D eigenvalue weighted by Gasteiger charge is -1.90. The number of aromatic nitrogens is 1. The van der Waals surface area contributed by atoms with Crippen LogP contribution in [-0.2, 0) is 0 Å². The van der Waals surface area contributed by atoms with E-state index in [1.807, 2.05) is 6.92 Å². The first-order chi connectivity index (χ1) is 3.80. The summed E-state index contributed by atoms with van der Waals surface area (Å²) >= 11 is 3.31. The van der Waals surface area contributed by atoms with E-state index in [9.17, 15) is 0 Å². The van der Waals surface area contributed by atoms with Gasteiger partial charge in [0.25, 0.3) is 0 Å². The standard InChI is InChI=1S/C5H6BrNO.BrH/c1-4(6)5-7-2-3-8-5;/h2-4H,1H3;1H. The molecule has 0 aliphatic rings. The highest BCUT2D eigenvalue weighted by molar-refractivity contribution is 9.09. The highest BCUT2D eigenvalue weighted by atomic mass is 79.9. The largest absolute Gasteiger partial charge is 0.448 e. The first-order valence-electron chi connectivity index (χ1n) is 2.34. The molecule has 4 heteroatoms. The summed E-state index contributed by atoms with van der Waals surface area (Å²) in [5, 5.41) is 0. The molecule has 0 aliphatic heterocycles. The molecule has 0 amide bonds. The van der Waals surface area contributed by atoms with Crippen LogP contribution in [0.3, 0.4) is 0 Å². The van der Waals surface area contributed by atoms with Crippen molar-refractivity contribution in [2.75, 3.05) is 0 Å². The molecule has 0 spiro atoms. The Labute approximate surface area is 72.6 Å². The molecular formula is C5H7Br2NO. The minimum absolute atomic E-state index is 0. The maximum Gasteiger partial charge on any atom is 0.207 e. The Balaban J connectivity index is 0.000000640. The molecule has 0 aliphatic carbocycles. The van der Waals surface area contributed by atoms with Crippen LogP contribution in [0.25, 0.3) is 0 Å². The normalized spacial score (nSPS) is 12.2. The lowest BCUT2D eigenvalue weighted by Crippen LogP contribution is -1.79. The first-order valence-corrected chi connectivity index (χ1v) is 3.25. The monoisotopic (exact) mass is 255 g/mol. The summed E-state index contributed by atoms with van der Waals surface area (Å²) in [6.07, 6.45) is 3.19. The van der Waals surface area contributed by atoms with Gasteiger partial charge in [0.05, 0.1) is 11.0 Å². The van der Waals surface area contributed by atoms with E-state index in [0.717, 1.165) is 5.89 Å². The lowest BCUT2D eigenvalue weighted by molar-refractivity contribution is 0.500. The van der Waals surface area contributed by atoms with E-state index in [2.05, 4.69) is 20.9 Å². The second-order valence-electron chi connectivity index (χ2n) is 1.49. The van der Waals surface area contributed by atoms with Gasteiger partial charge in [-0.1, -0.05) is 15.9 Å².